The molecular weight excluding hydrogens is 387 g/mol. The van der Waals surface area contributed by atoms with Crippen molar-refractivity contribution >= 4 is 11.6 Å². The number of pyridine rings is 1. The van der Waals surface area contributed by atoms with E-state index in [0.717, 1.165) is 28.6 Å². The first-order valence-corrected chi connectivity index (χ1v) is 8.49. The van der Waals surface area contributed by atoms with Gasteiger partial charge in [-0.2, -0.15) is 13.2 Å². The van der Waals surface area contributed by atoms with Crippen LogP contribution >= 0.6 is 0 Å². The minimum atomic E-state index is -4.64. The fourth-order valence-corrected chi connectivity index (χ4v) is 2.92. The number of aromatic nitrogens is 4. The molecule has 0 unspecified atom stereocenters. The van der Waals surface area contributed by atoms with Gasteiger partial charge in [0.05, 0.1) is 17.3 Å². The van der Waals surface area contributed by atoms with Crippen molar-refractivity contribution in [2.24, 2.45) is 0 Å². The van der Waals surface area contributed by atoms with Crippen LogP contribution in [0.15, 0.2) is 59.6 Å². The van der Waals surface area contributed by atoms with Gasteiger partial charge in [0, 0.05) is 19.8 Å². The molecule has 3 aromatic heterocycles. The number of fused-ring (bicyclic) bond motifs is 1. The van der Waals surface area contributed by atoms with Crippen LogP contribution in [0, 0.1) is 0 Å². The molecule has 1 aromatic carbocycles. The Labute approximate surface area is 162 Å². The van der Waals surface area contributed by atoms with E-state index in [1.807, 2.05) is 30.3 Å². The molecule has 0 bridgehead atoms. The minimum absolute atomic E-state index is 0.0367. The summed E-state index contributed by atoms with van der Waals surface area (Å²) in [6, 6.07) is 10.1. The van der Waals surface area contributed by atoms with Crippen LogP contribution in [-0.4, -0.2) is 37.4 Å². The lowest BCUT2D eigenvalue weighted by Crippen LogP contribution is -2.28. The molecule has 29 heavy (non-hydrogen) atoms. The van der Waals surface area contributed by atoms with Crippen molar-refractivity contribution in [1.29, 1.82) is 0 Å². The number of hydrogen-bond donors (Lipinski definition) is 0. The lowest BCUT2D eigenvalue weighted by molar-refractivity contribution is -0.137. The van der Waals surface area contributed by atoms with Crippen molar-refractivity contribution in [3.63, 3.8) is 0 Å². The minimum Gasteiger partial charge on any atom is -0.443 e. The first-order chi connectivity index (χ1) is 13.8. The Morgan fingerprint density at radius 2 is 1.97 bits per heavy atom. The number of carbonyl (C=O) groups is 1. The predicted molar refractivity (Wildman–Crippen MR) is 95.7 cm³/mol. The molecule has 0 atom stereocenters. The Bertz CT molecular complexity index is 1150. The maximum absolute atomic E-state index is 13.4. The van der Waals surface area contributed by atoms with Gasteiger partial charge < -0.3 is 9.32 Å². The first-order valence-electron chi connectivity index (χ1n) is 8.49. The average molecular weight is 401 g/mol. The van der Waals surface area contributed by atoms with Crippen molar-refractivity contribution in [3.8, 4) is 11.3 Å². The SMILES string of the molecule is CN(Cc1ccccc1)C(=O)c1nnc2c(-c3cnco3)cc(C(F)(F)F)cn12. The number of amides is 1. The van der Waals surface area contributed by atoms with Crippen LogP contribution < -0.4 is 0 Å². The summed E-state index contributed by atoms with van der Waals surface area (Å²) < 4.78 is 46.4. The number of halogens is 3. The molecule has 4 rings (SSSR count). The summed E-state index contributed by atoms with van der Waals surface area (Å²) in [4.78, 5) is 18.0. The van der Waals surface area contributed by atoms with E-state index in [0.29, 0.717) is 0 Å². The number of benzene rings is 1. The molecular formula is C19H14F3N5O2. The summed E-state index contributed by atoms with van der Waals surface area (Å²) in [7, 11) is 1.54. The predicted octanol–water partition coefficient (Wildman–Crippen LogP) is 3.68. The van der Waals surface area contributed by atoms with Gasteiger partial charge in [0.15, 0.2) is 17.8 Å². The summed E-state index contributed by atoms with van der Waals surface area (Å²) in [5.41, 5.74) is 0.00672. The number of rotatable bonds is 4. The van der Waals surface area contributed by atoms with E-state index in [-0.39, 0.29) is 29.3 Å². The van der Waals surface area contributed by atoms with Gasteiger partial charge in [-0.1, -0.05) is 30.3 Å². The summed E-state index contributed by atoms with van der Waals surface area (Å²) in [5.74, 6) is -0.709. The van der Waals surface area contributed by atoms with Crippen LogP contribution in [0.25, 0.3) is 17.0 Å². The molecule has 7 nitrogen and oxygen atoms in total. The Hall–Kier alpha value is -3.69. The Kier molecular flexibility index (Phi) is 4.53. The second-order valence-corrected chi connectivity index (χ2v) is 6.37. The molecule has 0 fully saturated rings. The third-order valence-corrected chi connectivity index (χ3v) is 4.33. The molecule has 0 aliphatic heterocycles. The van der Waals surface area contributed by atoms with Crippen LogP contribution in [0.3, 0.4) is 0 Å². The van der Waals surface area contributed by atoms with Crippen molar-refractivity contribution in [1.82, 2.24) is 24.5 Å². The van der Waals surface area contributed by atoms with Gasteiger partial charge in [0.25, 0.3) is 5.91 Å². The molecule has 148 valence electrons. The molecule has 0 saturated heterocycles. The second kappa shape index (κ2) is 7.04. The molecule has 1 amide bonds. The van der Waals surface area contributed by atoms with Crippen molar-refractivity contribution < 1.29 is 22.4 Å². The fourth-order valence-electron chi connectivity index (χ4n) is 2.92. The van der Waals surface area contributed by atoms with E-state index in [4.69, 9.17) is 4.42 Å². The van der Waals surface area contributed by atoms with Crippen LogP contribution in [-0.2, 0) is 12.7 Å². The largest absolute Gasteiger partial charge is 0.443 e. The van der Waals surface area contributed by atoms with Crippen molar-refractivity contribution in [2.75, 3.05) is 7.05 Å². The van der Waals surface area contributed by atoms with Crippen LogP contribution in [0.5, 0.6) is 0 Å². The van der Waals surface area contributed by atoms with E-state index in [1.165, 1.54) is 11.1 Å². The summed E-state index contributed by atoms with van der Waals surface area (Å²) >= 11 is 0. The second-order valence-electron chi connectivity index (χ2n) is 6.37. The lowest BCUT2D eigenvalue weighted by atomic mass is 10.1. The third kappa shape index (κ3) is 3.56. The highest BCUT2D eigenvalue weighted by molar-refractivity contribution is 5.92. The normalized spacial score (nSPS) is 11.7. The molecule has 4 aromatic rings. The zero-order valence-electron chi connectivity index (χ0n) is 15.1. The topological polar surface area (TPSA) is 76.5 Å². The molecule has 0 saturated carbocycles. The Morgan fingerprint density at radius 1 is 1.21 bits per heavy atom. The standard InChI is InChI=1S/C19H14F3N5O2/c1-26(9-12-5-3-2-4-6-12)18(28)17-25-24-16-14(15-8-23-11-29-15)7-13(10-27(16)17)19(20,21)22/h2-8,10-11H,9H2,1H3. The van der Waals surface area contributed by atoms with E-state index < -0.39 is 17.6 Å². The number of hydrogen-bond acceptors (Lipinski definition) is 5. The molecule has 0 aliphatic rings. The maximum Gasteiger partial charge on any atom is 0.417 e. The summed E-state index contributed by atoms with van der Waals surface area (Å²) in [6.07, 6.45) is -1.46. The van der Waals surface area contributed by atoms with E-state index in [9.17, 15) is 18.0 Å². The first kappa shape index (κ1) is 18.7. The highest BCUT2D eigenvalue weighted by atomic mass is 19.4. The van der Waals surface area contributed by atoms with Crippen molar-refractivity contribution in [2.45, 2.75) is 12.7 Å². The van der Waals surface area contributed by atoms with Crippen LogP contribution in [0.4, 0.5) is 13.2 Å². The maximum atomic E-state index is 13.4. The molecule has 3 heterocycles. The fraction of sp³-hybridized carbons (Fsp3) is 0.158. The number of carbonyl (C=O) groups excluding carboxylic acids is 1. The van der Waals surface area contributed by atoms with Gasteiger partial charge in [-0.3, -0.25) is 9.20 Å². The van der Waals surface area contributed by atoms with E-state index >= 15 is 0 Å². The lowest BCUT2D eigenvalue weighted by Gasteiger charge is -2.16. The number of oxazole rings is 1. The zero-order chi connectivity index (χ0) is 20.6. The third-order valence-electron chi connectivity index (χ3n) is 4.33. The van der Waals surface area contributed by atoms with Gasteiger partial charge in [-0.25, -0.2) is 4.98 Å². The monoisotopic (exact) mass is 401 g/mol. The molecule has 0 aliphatic carbocycles. The van der Waals surface area contributed by atoms with Gasteiger partial charge in [0.2, 0.25) is 5.82 Å². The van der Waals surface area contributed by atoms with Gasteiger partial charge in [-0.05, 0) is 11.6 Å². The Morgan fingerprint density at radius 3 is 2.62 bits per heavy atom. The average Bonchev–Trinajstić information content (AvgIpc) is 3.36. The van der Waals surface area contributed by atoms with Gasteiger partial charge in [-0.15, -0.1) is 10.2 Å². The Balaban J connectivity index is 1.79. The van der Waals surface area contributed by atoms with Gasteiger partial charge in [0.1, 0.15) is 0 Å². The smallest absolute Gasteiger partial charge is 0.417 e. The van der Waals surface area contributed by atoms with Crippen LogP contribution in [0.2, 0.25) is 0 Å². The quantitative estimate of drug-likeness (QED) is 0.522. The van der Waals surface area contributed by atoms with E-state index in [2.05, 4.69) is 15.2 Å². The molecule has 0 N–H and O–H groups in total. The molecule has 0 radical (unpaired) electrons. The number of nitrogens with zero attached hydrogens (tertiary/aromatic N) is 5. The zero-order valence-corrected chi connectivity index (χ0v) is 15.1. The highest BCUT2D eigenvalue weighted by Gasteiger charge is 2.33. The van der Waals surface area contributed by atoms with Crippen LogP contribution in [0.1, 0.15) is 21.7 Å². The summed E-state index contributed by atoms with van der Waals surface area (Å²) in [6.45, 7) is 0.266. The summed E-state index contributed by atoms with van der Waals surface area (Å²) in [5, 5.41) is 7.76. The van der Waals surface area contributed by atoms with E-state index in [1.54, 1.807) is 7.05 Å². The van der Waals surface area contributed by atoms with Crippen molar-refractivity contribution in [3.05, 3.63) is 72.1 Å². The number of alkyl halides is 3. The highest BCUT2D eigenvalue weighted by Crippen LogP contribution is 2.34. The molecule has 0 spiro atoms. The van der Waals surface area contributed by atoms with Gasteiger partial charge >= 0.3 is 6.18 Å². The molecule has 10 heteroatoms.